The third-order valence-electron chi connectivity index (χ3n) is 8.63. The predicted molar refractivity (Wildman–Crippen MR) is 157 cm³/mol. The molecular formula is C34H25ClN2O3. The van der Waals surface area contributed by atoms with Crippen molar-refractivity contribution in [3.63, 3.8) is 0 Å². The van der Waals surface area contributed by atoms with Crippen molar-refractivity contribution >= 4 is 46.0 Å². The number of anilines is 2. The van der Waals surface area contributed by atoms with Gasteiger partial charge in [0.1, 0.15) is 11.5 Å². The molecule has 1 saturated heterocycles. The molecule has 1 amide bonds. The van der Waals surface area contributed by atoms with Gasteiger partial charge in [-0.2, -0.15) is 0 Å². The fraction of sp³-hybridized carbons (Fsp3) is 0.147. The predicted octanol–water partition coefficient (Wildman–Crippen LogP) is 6.59. The first-order valence-corrected chi connectivity index (χ1v) is 13.7. The standard InChI is InChI=1S/C34H25ClN2O3/c1-20-19-28-34(24-15-7-9-17-26(24)36-33(34)40)29(31(38)21-11-3-2-4-12-21)30(32(39)23-14-5-8-16-25(23)35)37(28)27-18-10-6-13-22(20)27/h2-19,28-30H,1H3,(H,36,40)/t28-,29-,30-,34-/m0/s1. The number of carbonyl (C=O) groups excluding carboxylic acids is 3. The first-order chi connectivity index (χ1) is 19.4. The van der Waals surface area contributed by atoms with Crippen LogP contribution in [0.3, 0.4) is 0 Å². The summed E-state index contributed by atoms with van der Waals surface area (Å²) in [4.78, 5) is 45.8. The minimum absolute atomic E-state index is 0.254. The summed E-state index contributed by atoms with van der Waals surface area (Å²) in [6, 6.07) is 29.6. The van der Waals surface area contributed by atoms with Crippen molar-refractivity contribution in [3.05, 3.63) is 136 Å². The number of fused-ring (bicyclic) bond motifs is 6. The maximum absolute atomic E-state index is 14.7. The number of hydrogen-bond acceptors (Lipinski definition) is 4. The van der Waals surface area contributed by atoms with Gasteiger partial charge in [-0.25, -0.2) is 0 Å². The zero-order chi connectivity index (χ0) is 27.6. The molecule has 0 aromatic heterocycles. The largest absolute Gasteiger partial charge is 0.352 e. The highest BCUT2D eigenvalue weighted by atomic mass is 35.5. The summed E-state index contributed by atoms with van der Waals surface area (Å²) >= 11 is 6.59. The van der Waals surface area contributed by atoms with Crippen molar-refractivity contribution in [2.75, 3.05) is 10.2 Å². The number of ketones is 2. The van der Waals surface area contributed by atoms with E-state index in [0.29, 0.717) is 21.8 Å². The molecule has 40 heavy (non-hydrogen) atoms. The molecule has 0 unspecified atom stereocenters. The highest BCUT2D eigenvalue weighted by Crippen LogP contribution is 2.58. The molecule has 0 bridgehead atoms. The summed E-state index contributed by atoms with van der Waals surface area (Å²) < 4.78 is 0. The summed E-state index contributed by atoms with van der Waals surface area (Å²) in [7, 11) is 0. The summed E-state index contributed by atoms with van der Waals surface area (Å²) in [5.41, 5.74) is 3.59. The number of benzene rings is 4. The number of hydrogen-bond donors (Lipinski definition) is 1. The number of carbonyl (C=O) groups is 3. The molecule has 4 atom stereocenters. The molecular weight excluding hydrogens is 520 g/mol. The van der Waals surface area contributed by atoms with Crippen LogP contribution >= 0.6 is 11.6 Å². The van der Waals surface area contributed by atoms with Crippen molar-refractivity contribution in [2.45, 2.75) is 24.4 Å². The van der Waals surface area contributed by atoms with Crippen molar-refractivity contribution in [2.24, 2.45) is 5.92 Å². The molecule has 4 aromatic rings. The number of nitrogens with one attached hydrogen (secondary N) is 1. The van der Waals surface area contributed by atoms with Crippen LogP contribution in [0.2, 0.25) is 5.02 Å². The average molecular weight is 545 g/mol. The number of nitrogens with zero attached hydrogens (tertiary/aromatic N) is 1. The summed E-state index contributed by atoms with van der Waals surface area (Å²) in [5.74, 6) is -1.85. The highest BCUT2D eigenvalue weighted by Gasteiger charge is 2.70. The lowest BCUT2D eigenvalue weighted by Crippen LogP contribution is -2.51. The Labute approximate surface area is 237 Å². The Kier molecular flexibility index (Phi) is 5.55. The van der Waals surface area contributed by atoms with Crippen LogP contribution in [0.15, 0.2) is 109 Å². The van der Waals surface area contributed by atoms with Gasteiger partial charge in [-0.3, -0.25) is 14.4 Å². The van der Waals surface area contributed by atoms with Crippen molar-refractivity contribution < 1.29 is 14.4 Å². The minimum Gasteiger partial charge on any atom is -0.352 e. The minimum atomic E-state index is -1.35. The third kappa shape index (κ3) is 3.24. The van der Waals surface area contributed by atoms with Crippen LogP contribution in [0, 0.1) is 5.92 Å². The van der Waals surface area contributed by atoms with Crippen LogP contribution in [0.25, 0.3) is 5.57 Å². The maximum atomic E-state index is 14.7. The van der Waals surface area contributed by atoms with Crippen LogP contribution in [-0.4, -0.2) is 29.6 Å². The molecule has 1 fully saturated rings. The second-order valence-electron chi connectivity index (χ2n) is 10.6. The Morgan fingerprint density at radius 2 is 1.50 bits per heavy atom. The molecule has 3 aliphatic heterocycles. The molecule has 5 nitrogen and oxygen atoms in total. The maximum Gasteiger partial charge on any atom is 0.238 e. The monoisotopic (exact) mass is 544 g/mol. The van der Waals surface area contributed by atoms with Crippen molar-refractivity contribution in [3.8, 4) is 0 Å². The quantitative estimate of drug-likeness (QED) is 0.294. The third-order valence-corrected chi connectivity index (χ3v) is 8.96. The number of amides is 1. The van der Waals surface area contributed by atoms with Crippen LogP contribution < -0.4 is 10.2 Å². The molecule has 3 heterocycles. The Morgan fingerprint density at radius 3 is 2.30 bits per heavy atom. The summed E-state index contributed by atoms with van der Waals surface area (Å²) in [6.45, 7) is 2.01. The zero-order valence-electron chi connectivity index (χ0n) is 21.7. The Hall–Kier alpha value is -4.48. The number of para-hydroxylation sites is 2. The van der Waals surface area contributed by atoms with Gasteiger partial charge in [-0.15, -0.1) is 0 Å². The molecule has 1 spiro atoms. The van der Waals surface area contributed by atoms with E-state index in [2.05, 4.69) is 11.4 Å². The normalized spacial score (nSPS) is 24.1. The van der Waals surface area contributed by atoms with E-state index in [4.69, 9.17) is 11.6 Å². The Morgan fingerprint density at radius 1 is 0.825 bits per heavy atom. The van der Waals surface area contributed by atoms with Crippen LogP contribution in [0.5, 0.6) is 0 Å². The number of Topliss-reactive ketones (excluding diaryl/α,β-unsaturated/α-hetero) is 2. The van der Waals surface area contributed by atoms with Gasteiger partial charge in [0, 0.05) is 28.1 Å². The van der Waals surface area contributed by atoms with Gasteiger partial charge < -0.3 is 10.2 Å². The van der Waals surface area contributed by atoms with E-state index in [-0.39, 0.29) is 17.5 Å². The topological polar surface area (TPSA) is 66.5 Å². The molecule has 0 saturated carbocycles. The fourth-order valence-corrected chi connectivity index (χ4v) is 7.22. The molecule has 0 radical (unpaired) electrons. The first kappa shape index (κ1) is 24.6. The van der Waals surface area contributed by atoms with Gasteiger partial charge in [-0.1, -0.05) is 96.5 Å². The van der Waals surface area contributed by atoms with Crippen LogP contribution in [0.1, 0.15) is 38.8 Å². The smallest absolute Gasteiger partial charge is 0.238 e. The lowest BCUT2D eigenvalue weighted by atomic mass is 9.64. The van der Waals surface area contributed by atoms with E-state index < -0.39 is 23.4 Å². The van der Waals surface area contributed by atoms with Gasteiger partial charge in [-0.05, 0) is 42.3 Å². The molecule has 4 aromatic carbocycles. The van der Waals surface area contributed by atoms with E-state index in [1.165, 1.54) is 0 Å². The second-order valence-corrected chi connectivity index (χ2v) is 11.0. The van der Waals surface area contributed by atoms with Crippen molar-refractivity contribution in [1.29, 1.82) is 0 Å². The summed E-state index contributed by atoms with van der Waals surface area (Å²) in [6.07, 6.45) is 2.05. The van der Waals surface area contributed by atoms with Gasteiger partial charge in [0.15, 0.2) is 11.6 Å². The molecule has 196 valence electrons. The Balaban J connectivity index is 1.57. The van der Waals surface area contributed by atoms with E-state index in [1.807, 2.05) is 66.4 Å². The lowest BCUT2D eigenvalue weighted by Gasteiger charge is -2.39. The van der Waals surface area contributed by atoms with Gasteiger partial charge in [0.05, 0.1) is 17.0 Å². The lowest BCUT2D eigenvalue weighted by molar-refractivity contribution is -0.121. The van der Waals surface area contributed by atoms with E-state index in [1.54, 1.807) is 48.5 Å². The van der Waals surface area contributed by atoms with Gasteiger partial charge in [0.2, 0.25) is 5.91 Å². The van der Waals surface area contributed by atoms with Gasteiger partial charge >= 0.3 is 0 Å². The van der Waals surface area contributed by atoms with Gasteiger partial charge in [0.25, 0.3) is 0 Å². The average Bonchev–Trinajstić information content (AvgIpc) is 3.45. The van der Waals surface area contributed by atoms with E-state index >= 15 is 0 Å². The zero-order valence-corrected chi connectivity index (χ0v) is 22.4. The number of allylic oxidation sites excluding steroid dienone is 1. The molecule has 7 rings (SSSR count). The first-order valence-electron chi connectivity index (χ1n) is 13.3. The Bertz CT molecular complexity index is 1750. The van der Waals surface area contributed by atoms with E-state index in [9.17, 15) is 14.4 Å². The fourth-order valence-electron chi connectivity index (χ4n) is 6.99. The number of halogens is 1. The van der Waals surface area contributed by atoms with E-state index in [0.717, 1.165) is 22.4 Å². The molecule has 3 aliphatic rings. The molecule has 6 heteroatoms. The summed E-state index contributed by atoms with van der Waals surface area (Å²) in [5, 5.41) is 3.37. The highest BCUT2D eigenvalue weighted by molar-refractivity contribution is 6.34. The van der Waals surface area contributed by atoms with Crippen molar-refractivity contribution in [1.82, 2.24) is 0 Å². The second kappa shape index (κ2) is 9.04. The molecule has 1 N–H and O–H groups in total. The van der Waals surface area contributed by atoms with Crippen LogP contribution in [0.4, 0.5) is 11.4 Å². The number of rotatable bonds is 4. The SMILES string of the molecule is CC1=C[C@@H]2N(c3ccccc31)[C@H](C(=O)c1ccccc1Cl)[C@@H](C(=O)c1ccccc1)[C@@]21C(=O)Nc2ccccc21. The van der Waals surface area contributed by atoms with Crippen LogP contribution in [-0.2, 0) is 10.2 Å². The molecule has 0 aliphatic carbocycles.